The van der Waals surface area contributed by atoms with Crippen molar-refractivity contribution in [1.82, 2.24) is 29.4 Å². The molecule has 10 heteroatoms. The van der Waals surface area contributed by atoms with E-state index in [1.807, 2.05) is 59.3 Å². The molecule has 10 nitrogen and oxygen atoms in total. The van der Waals surface area contributed by atoms with E-state index in [1.54, 1.807) is 7.05 Å². The first-order chi connectivity index (χ1) is 16.0. The number of aliphatic hydroxyl groups is 1. The first-order valence-corrected chi connectivity index (χ1v) is 10.6. The summed E-state index contributed by atoms with van der Waals surface area (Å²) in [5, 5.41) is 20.8. The van der Waals surface area contributed by atoms with Gasteiger partial charge in [0.15, 0.2) is 6.23 Å². The number of nitrogens with one attached hydrogen (secondary N) is 2. The van der Waals surface area contributed by atoms with Gasteiger partial charge in [-0.3, -0.25) is 14.3 Å². The van der Waals surface area contributed by atoms with Crippen LogP contribution in [0.3, 0.4) is 0 Å². The van der Waals surface area contributed by atoms with Crippen LogP contribution in [0, 0.1) is 0 Å². The molecule has 1 fully saturated rings. The summed E-state index contributed by atoms with van der Waals surface area (Å²) in [5.41, 5.74) is 3.78. The van der Waals surface area contributed by atoms with Crippen molar-refractivity contribution in [2.24, 2.45) is 7.05 Å². The van der Waals surface area contributed by atoms with Crippen molar-refractivity contribution < 1.29 is 14.7 Å². The monoisotopic (exact) mass is 445 g/mol. The molecule has 1 atom stereocenters. The Labute approximate surface area is 189 Å². The van der Waals surface area contributed by atoms with Crippen LogP contribution in [0.25, 0.3) is 16.9 Å². The highest BCUT2D eigenvalue weighted by molar-refractivity contribution is 5.98. The Hall–Kier alpha value is -4.18. The minimum Gasteiger partial charge on any atom is -0.368 e. The summed E-state index contributed by atoms with van der Waals surface area (Å²) in [6.07, 6.45) is 4.02. The standard InChI is InChI=1S/C23H23N7O3/c1-28-21(17(12-25-28)23(33)30-10-8-24-20(31)14-30)22(32)26-16-7-9-29-13-18(27-19(29)11-16)15-5-3-2-4-6-15/h2-7,9,11-13,22,26,32H,8,10,14H2,1H3,(H,24,31). The highest BCUT2D eigenvalue weighted by Crippen LogP contribution is 2.24. The van der Waals surface area contributed by atoms with E-state index < -0.39 is 6.23 Å². The summed E-state index contributed by atoms with van der Waals surface area (Å²) in [6, 6.07) is 13.5. The molecule has 3 aromatic heterocycles. The van der Waals surface area contributed by atoms with Crippen LogP contribution in [0.15, 0.2) is 61.1 Å². The number of piperazine rings is 1. The number of hydrogen-bond donors (Lipinski definition) is 3. The Bertz CT molecular complexity index is 1330. The van der Waals surface area contributed by atoms with E-state index in [0.29, 0.717) is 30.1 Å². The quantitative estimate of drug-likeness (QED) is 0.400. The zero-order valence-corrected chi connectivity index (χ0v) is 18.0. The molecule has 4 aromatic rings. The number of carbonyl (C=O) groups excluding carboxylic acids is 2. The average molecular weight is 445 g/mol. The maximum Gasteiger partial charge on any atom is 0.258 e. The number of aromatic nitrogens is 4. The van der Waals surface area contributed by atoms with Crippen molar-refractivity contribution in [3.05, 3.63) is 72.3 Å². The second-order valence-electron chi connectivity index (χ2n) is 7.86. The second-order valence-corrected chi connectivity index (χ2v) is 7.86. The van der Waals surface area contributed by atoms with Crippen LogP contribution < -0.4 is 10.6 Å². The maximum absolute atomic E-state index is 13.0. The van der Waals surface area contributed by atoms with Gasteiger partial charge in [-0.25, -0.2) is 4.98 Å². The van der Waals surface area contributed by atoms with Crippen molar-refractivity contribution in [1.29, 1.82) is 0 Å². The summed E-state index contributed by atoms with van der Waals surface area (Å²) in [5.74, 6) is -0.549. The van der Waals surface area contributed by atoms with Gasteiger partial charge >= 0.3 is 0 Å². The fraction of sp³-hybridized carbons (Fsp3) is 0.217. The van der Waals surface area contributed by atoms with Crippen LogP contribution in [0.4, 0.5) is 5.69 Å². The largest absolute Gasteiger partial charge is 0.368 e. The minimum atomic E-state index is -1.19. The number of anilines is 1. The predicted octanol–water partition coefficient (Wildman–Crippen LogP) is 1.41. The SMILES string of the molecule is Cn1ncc(C(=O)N2CCNC(=O)C2)c1C(O)Nc1ccn2cc(-c3ccccc3)nc2c1. The fourth-order valence-corrected chi connectivity index (χ4v) is 3.96. The first-order valence-electron chi connectivity index (χ1n) is 10.6. The van der Waals surface area contributed by atoms with Gasteiger partial charge in [0.25, 0.3) is 5.91 Å². The molecule has 0 radical (unpaired) electrons. The van der Waals surface area contributed by atoms with Gasteiger partial charge in [0.1, 0.15) is 5.65 Å². The third-order valence-electron chi connectivity index (χ3n) is 5.63. The molecule has 1 aliphatic rings. The van der Waals surface area contributed by atoms with Gasteiger partial charge in [-0.2, -0.15) is 5.10 Å². The van der Waals surface area contributed by atoms with Crippen molar-refractivity contribution in [3.63, 3.8) is 0 Å². The number of carbonyl (C=O) groups is 2. The van der Waals surface area contributed by atoms with Gasteiger partial charge in [-0.15, -0.1) is 0 Å². The maximum atomic E-state index is 13.0. The average Bonchev–Trinajstić information content (AvgIpc) is 3.42. The van der Waals surface area contributed by atoms with E-state index in [4.69, 9.17) is 0 Å². The van der Waals surface area contributed by atoms with E-state index in [9.17, 15) is 14.7 Å². The molecule has 168 valence electrons. The van der Waals surface area contributed by atoms with E-state index in [2.05, 4.69) is 20.7 Å². The normalized spacial score (nSPS) is 14.8. The number of fused-ring (bicyclic) bond motifs is 1. The number of imidazole rings is 1. The van der Waals surface area contributed by atoms with E-state index >= 15 is 0 Å². The zero-order valence-electron chi connectivity index (χ0n) is 18.0. The first kappa shape index (κ1) is 20.7. The number of aliphatic hydroxyl groups excluding tert-OH is 1. The van der Waals surface area contributed by atoms with Crippen molar-refractivity contribution in [3.8, 4) is 11.3 Å². The number of pyridine rings is 1. The lowest BCUT2D eigenvalue weighted by molar-refractivity contribution is -0.123. The molecule has 0 saturated carbocycles. The highest BCUT2D eigenvalue weighted by Gasteiger charge is 2.28. The van der Waals surface area contributed by atoms with E-state index in [-0.39, 0.29) is 23.9 Å². The molecule has 0 aliphatic carbocycles. The molecule has 1 aromatic carbocycles. The van der Waals surface area contributed by atoms with Crippen LogP contribution in [-0.2, 0) is 11.8 Å². The lowest BCUT2D eigenvalue weighted by atomic mass is 10.1. The molecule has 1 aliphatic heterocycles. The van der Waals surface area contributed by atoms with Crippen LogP contribution in [0.5, 0.6) is 0 Å². The van der Waals surface area contributed by atoms with Gasteiger partial charge in [-0.05, 0) is 6.07 Å². The van der Waals surface area contributed by atoms with Gasteiger partial charge in [0.05, 0.1) is 29.7 Å². The molecule has 1 unspecified atom stereocenters. The van der Waals surface area contributed by atoms with Crippen LogP contribution in [-0.4, -0.2) is 60.6 Å². The van der Waals surface area contributed by atoms with Gasteiger partial charge in [-0.1, -0.05) is 30.3 Å². The van der Waals surface area contributed by atoms with E-state index in [0.717, 1.165) is 11.3 Å². The smallest absolute Gasteiger partial charge is 0.258 e. The molecular weight excluding hydrogens is 422 g/mol. The number of amides is 2. The molecule has 0 bridgehead atoms. The Morgan fingerprint density at radius 3 is 2.85 bits per heavy atom. The number of hydrogen-bond acceptors (Lipinski definition) is 6. The Morgan fingerprint density at radius 1 is 1.24 bits per heavy atom. The van der Waals surface area contributed by atoms with E-state index in [1.165, 1.54) is 15.8 Å². The lowest BCUT2D eigenvalue weighted by Gasteiger charge is -2.27. The van der Waals surface area contributed by atoms with Crippen LogP contribution in [0.2, 0.25) is 0 Å². The van der Waals surface area contributed by atoms with Crippen molar-refractivity contribution >= 4 is 23.1 Å². The highest BCUT2D eigenvalue weighted by atomic mass is 16.3. The molecule has 1 saturated heterocycles. The van der Waals surface area contributed by atoms with Crippen molar-refractivity contribution in [2.45, 2.75) is 6.23 Å². The summed E-state index contributed by atoms with van der Waals surface area (Å²) < 4.78 is 3.36. The third-order valence-corrected chi connectivity index (χ3v) is 5.63. The number of benzene rings is 1. The molecule has 0 spiro atoms. The third kappa shape index (κ3) is 4.03. The number of aryl methyl sites for hydroxylation is 1. The minimum absolute atomic E-state index is 0.0169. The van der Waals surface area contributed by atoms with Gasteiger partial charge in [0.2, 0.25) is 5.91 Å². The lowest BCUT2D eigenvalue weighted by Crippen LogP contribution is -2.50. The molecular formula is C23H23N7O3. The fourth-order valence-electron chi connectivity index (χ4n) is 3.96. The topological polar surface area (TPSA) is 117 Å². The molecule has 5 rings (SSSR count). The summed E-state index contributed by atoms with van der Waals surface area (Å²) in [4.78, 5) is 30.8. The van der Waals surface area contributed by atoms with Gasteiger partial charge < -0.3 is 25.0 Å². The summed E-state index contributed by atoms with van der Waals surface area (Å²) in [6.45, 7) is 0.788. The molecule has 4 heterocycles. The van der Waals surface area contributed by atoms with Gasteiger partial charge in [0, 0.05) is 49.8 Å². The Kier molecular flexibility index (Phi) is 5.27. The summed E-state index contributed by atoms with van der Waals surface area (Å²) >= 11 is 0. The Morgan fingerprint density at radius 2 is 2.06 bits per heavy atom. The second kappa shape index (κ2) is 8.40. The summed E-state index contributed by atoms with van der Waals surface area (Å²) in [7, 11) is 1.66. The molecule has 2 amide bonds. The molecule has 3 N–H and O–H groups in total. The Balaban J connectivity index is 1.38. The van der Waals surface area contributed by atoms with Crippen molar-refractivity contribution in [2.75, 3.05) is 25.0 Å². The molecule has 33 heavy (non-hydrogen) atoms. The number of nitrogens with zero attached hydrogens (tertiary/aromatic N) is 5. The van der Waals surface area contributed by atoms with Crippen LogP contribution in [0.1, 0.15) is 22.3 Å². The predicted molar refractivity (Wildman–Crippen MR) is 121 cm³/mol. The zero-order chi connectivity index (χ0) is 22.9. The number of rotatable bonds is 5. The van der Waals surface area contributed by atoms with Crippen LogP contribution >= 0.6 is 0 Å².